The van der Waals surface area contributed by atoms with E-state index in [2.05, 4.69) is 5.32 Å². The third-order valence-corrected chi connectivity index (χ3v) is 3.37. The van der Waals surface area contributed by atoms with Gasteiger partial charge in [-0.15, -0.1) is 0 Å². The van der Waals surface area contributed by atoms with Crippen molar-refractivity contribution in [3.05, 3.63) is 53.8 Å². The van der Waals surface area contributed by atoms with Crippen LogP contribution in [0.25, 0.3) is 0 Å². The lowest BCUT2D eigenvalue weighted by atomic mass is 10.2. The molecule has 0 saturated carbocycles. The predicted molar refractivity (Wildman–Crippen MR) is 92.7 cm³/mol. The summed E-state index contributed by atoms with van der Waals surface area (Å²) in [6.45, 7) is 4.09. The van der Waals surface area contributed by atoms with Crippen molar-refractivity contribution in [1.82, 2.24) is 0 Å². The maximum absolute atomic E-state index is 12.9. The summed E-state index contributed by atoms with van der Waals surface area (Å²) < 4.78 is 24.0. The van der Waals surface area contributed by atoms with Crippen LogP contribution in [0.2, 0.25) is 0 Å². The topological polar surface area (TPSA) is 64.6 Å². The fourth-order valence-corrected chi connectivity index (χ4v) is 2.04. The molecule has 1 amide bonds. The molecular formula is C19H20FNO4. The number of carbonyl (C=O) groups is 2. The van der Waals surface area contributed by atoms with Crippen LogP contribution in [0.4, 0.5) is 10.1 Å². The van der Waals surface area contributed by atoms with Gasteiger partial charge in [-0.2, -0.15) is 0 Å². The zero-order valence-electron chi connectivity index (χ0n) is 14.1. The smallest absolute Gasteiger partial charge is 0.265 e. The van der Waals surface area contributed by atoms with Crippen molar-refractivity contribution < 1.29 is 23.5 Å². The molecule has 1 atom stereocenters. The third kappa shape index (κ3) is 5.31. The number of carbonyl (C=O) groups excluding carboxylic acids is 2. The first kappa shape index (κ1) is 18.4. The van der Waals surface area contributed by atoms with Gasteiger partial charge in [-0.25, -0.2) is 4.39 Å². The van der Waals surface area contributed by atoms with Gasteiger partial charge in [0.2, 0.25) is 0 Å². The number of hydrogen-bond donors (Lipinski definition) is 1. The Labute approximate surface area is 145 Å². The molecule has 0 bridgehead atoms. The minimum atomic E-state index is -0.856. The molecule has 0 aliphatic carbocycles. The van der Waals surface area contributed by atoms with Gasteiger partial charge >= 0.3 is 0 Å². The largest absolute Gasteiger partial charge is 0.493 e. The number of rotatable bonds is 8. The van der Waals surface area contributed by atoms with Crippen molar-refractivity contribution in [2.45, 2.75) is 26.4 Å². The third-order valence-electron chi connectivity index (χ3n) is 3.37. The van der Waals surface area contributed by atoms with Gasteiger partial charge in [0, 0.05) is 11.8 Å². The van der Waals surface area contributed by atoms with Crippen LogP contribution in [0.1, 0.15) is 30.6 Å². The molecule has 2 aromatic carbocycles. The molecule has 5 nitrogen and oxygen atoms in total. The summed E-state index contributed by atoms with van der Waals surface area (Å²) >= 11 is 0. The van der Waals surface area contributed by atoms with Gasteiger partial charge in [-0.05, 0) is 49.7 Å². The minimum absolute atomic E-state index is 0.269. The van der Waals surface area contributed by atoms with Crippen molar-refractivity contribution in [3.8, 4) is 11.5 Å². The first-order valence-corrected chi connectivity index (χ1v) is 7.98. The molecular weight excluding hydrogens is 325 g/mol. The molecule has 2 aromatic rings. The molecule has 0 heterocycles. The second-order valence-electron chi connectivity index (χ2n) is 5.42. The Bertz CT molecular complexity index is 731. The van der Waals surface area contributed by atoms with Crippen LogP contribution < -0.4 is 14.8 Å². The molecule has 0 radical (unpaired) electrons. The Morgan fingerprint density at radius 1 is 1.24 bits per heavy atom. The summed E-state index contributed by atoms with van der Waals surface area (Å²) in [6.07, 6.45) is 0.649. The van der Waals surface area contributed by atoms with Crippen molar-refractivity contribution in [2.24, 2.45) is 0 Å². The molecule has 25 heavy (non-hydrogen) atoms. The molecule has 0 spiro atoms. The van der Waals surface area contributed by atoms with Crippen LogP contribution in [-0.2, 0) is 4.79 Å². The van der Waals surface area contributed by atoms with Crippen LogP contribution in [-0.4, -0.2) is 24.9 Å². The van der Waals surface area contributed by atoms with Crippen LogP contribution in [0.3, 0.4) is 0 Å². The number of anilines is 1. The maximum Gasteiger partial charge on any atom is 0.265 e. The van der Waals surface area contributed by atoms with Crippen LogP contribution >= 0.6 is 0 Å². The van der Waals surface area contributed by atoms with E-state index in [1.807, 2.05) is 6.92 Å². The molecule has 2 rings (SSSR count). The van der Waals surface area contributed by atoms with E-state index >= 15 is 0 Å². The Balaban J connectivity index is 2.07. The number of hydrogen-bond acceptors (Lipinski definition) is 4. The molecule has 6 heteroatoms. The fourth-order valence-electron chi connectivity index (χ4n) is 2.04. The Morgan fingerprint density at radius 3 is 2.60 bits per heavy atom. The monoisotopic (exact) mass is 345 g/mol. The molecule has 0 aliphatic heterocycles. The van der Waals surface area contributed by atoms with Gasteiger partial charge < -0.3 is 14.8 Å². The van der Waals surface area contributed by atoms with Gasteiger partial charge in [-0.3, -0.25) is 9.59 Å². The first-order chi connectivity index (χ1) is 12.0. The highest BCUT2D eigenvalue weighted by atomic mass is 19.1. The van der Waals surface area contributed by atoms with E-state index in [9.17, 15) is 14.0 Å². The Kier molecular flexibility index (Phi) is 6.51. The molecule has 0 unspecified atom stereocenters. The van der Waals surface area contributed by atoms with Gasteiger partial charge in [0.15, 0.2) is 12.4 Å². The van der Waals surface area contributed by atoms with E-state index < -0.39 is 12.0 Å². The lowest BCUT2D eigenvalue weighted by Crippen LogP contribution is -2.30. The molecule has 0 aromatic heterocycles. The highest BCUT2D eigenvalue weighted by Gasteiger charge is 2.17. The second-order valence-corrected chi connectivity index (χ2v) is 5.42. The predicted octanol–water partition coefficient (Wildman–Crippen LogP) is 3.83. The molecule has 132 valence electrons. The number of halogens is 1. The highest BCUT2D eigenvalue weighted by molar-refractivity contribution is 5.94. The van der Waals surface area contributed by atoms with E-state index in [4.69, 9.17) is 9.47 Å². The van der Waals surface area contributed by atoms with E-state index in [0.29, 0.717) is 29.9 Å². The lowest BCUT2D eigenvalue weighted by molar-refractivity contribution is -0.122. The average Bonchev–Trinajstić information content (AvgIpc) is 2.62. The SMILES string of the molecule is CCCOc1ccc(C=O)c(O[C@@H](C)C(=O)Nc2ccc(F)cc2)c1. The van der Waals surface area contributed by atoms with Crippen molar-refractivity contribution >= 4 is 17.9 Å². The van der Waals surface area contributed by atoms with Crippen LogP contribution in [0.5, 0.6) is 11.5 Å². The standard InChI is InChI=1S/C19H20FNO4/c1-3-10-24-17-9-4-14(12-22)18(11-17)25-13(2)19(23)21-16-7-5-15(20)6-8-16/h4-9,11-13H,3,10H2,1-2H3,(H,21,23)/t13-/m0/s1. The Hall–Kier alpha value is -2.89. The summed E-state index contributed by atoms with van der Waals surface area (Å²) in [6, 6.07) is 10.3. The van der Waals surface area contributed by atoms with Gasteiger partial charge in [0.1, 0.15) is 17.3 Å². The fraction of sp³-hybridized carbons (Fsp3) is 0.263. The summed E-state index contributed by atoms with van der Waals surface area (Å²) in [4.78, 5) is 23.4. The van der Waals surface area contributed by atoms with Gasteiger partial charge in [0.25, 0.3) is 5.91 Å². The van der Waals surface area contributed by atoms with E-state index in [1.165, 1.54) is 24.3 Å². The normalized spacial score (nSPS) is 11.5. The summed E-state index contributed by atoms with van der Waals surface area (Å²) in [5.41, 5.74) is 0.780. The second kappa shape index (κ2) is 8.82. The molecule has 0 aliphatic rings. The number of benzene rings is 2. The number of nitrogens with one attached hydrogen (secondary N) is 1. The summed E-state index contributed by atoms with van der Waals surface area (Å²) in [5.74, 6) is 0.0316. The zero-order chi connectivity index (χ0) is 18.2. The van der Waals surface area contributed by atoms with E-state index in [0.717, 1.165) is 6.42 Å². The summed E-state index contributed by atoms with van der Waals surface area (Å²) in [7, 11) is 0. The summed E-state index contributed by atoms with van der Waals surface area (Å²) in [5, 5.41) is 2.63. The molecule has 0 fully saturated rings. The Morgan fingerprint density at radius 2 is 1.96 bits per heavy atom. The highest BCUT2D eigenvalue weighted by Crippen LogP contribution is 2.25. The number of amides is 1. The minimum Gasteiger partial charge on any atom is -0.493 e. The van der Waals surface area contributed by atoms with Crippen LogP contribution in [0.15, 0.2) is 42.5 Å². The van der Waals surface area contributed by atoms with Crippen molar-refractivity contribution in [1.29, 1.82) is 0 Å². The van der Waals surface area contributed by atoms with Crippen molar-refractivity contribution in [2.75, 3.05) is 11.9 Å². The van der Waals surface area contributed by atoms with Gasteiger partial charge in [-0.1, -0.05) is 6.92 Å². The molecule has 0 saturated heterocycles. The quantitative estimate of drug-likeness (QED) is 0.739. The number of aldehydes is 1. The first-order valence-electron chi connectivity index (χ1n) is 7.98. The van der Waals surface area contributed by atoms with Crippen molar-refractivity contribution in [3.63, 3.8) is 0 Å². The van der Waals surface area contributed by atoms with E-state index in [-0.39, 0.29) is 11.6 Å². The maximum atomic E-state index is 12.9. The average molecular weight is 345 g/mol. The van der Waals surface area contributed by atoms with Crippen LogP contribution in [0, 0.1) is 5.82 Å². The van der Waals surface area contributed by atoms with Gasteiger partial charge in [0.05, 0.1) is 12.2 Å². The lowest BCUT2D eigenvalue weighted by Gasteiger charge is -2.17. The molecule has 1 N–H and O–H groups in total. The number of ether oxygens (including phenoxy) is 2. The van der Waals surface area contributed by atoms with E-state index in [1.54, 1.807) is 25.1 Å². The zero-order valence-corrected chi connectivity index (χ0v) is 14.1.